The Bertz CT molecular complexity index is 612. The van der Waals surface area contributed by atoms with Gasteiger partial charge in [0.05, 0.1) is 18.5 Å². The minimum Gasteiger partial charge on any atom is -0.357 e. The van der Waals surface area contributed by atoms with Crippen molar-refractivity contribution in [2.45, 2.75) is 26.0 Å². The summed E-state index contributed by atoms with van der Waals surface area (Å²) in [5, 5.41) is 10.9. The van der Waals surface area contributed by atoms with Gasteiger partial charge in [0.15, 0.2) is 0 Å². The molecule has 0 aliphatic carbocycles. The number of aromatic nitrogens is 3. The first-order valence-corrected chi connectivity index (χ1v) is 7.59. The molecule has 1 aliphatic rings. The fraction of sp³-hybridized carbons (Fsp3) is 0.438. The zero-order chi connectivity index (χ0) is 15.2. The lowest BCUT2D eigenvalue weighted by molar-refractivity contribution is -0.125. The Labute approximate surface area is 129 Å². The van der Waals surface area contributed by atoms with Crippen LogP contribution in [0.3, 0.4) is 0 Å². The standard InChI is InChI=1S/C16H20N4O2/c21-16-14(10-13-4-2-1-3-5-13)6-7-15-11-18-19-20(15)12-22-9-8-17-16/h1-5,11,14H,6-10,12H2,(H,17,21)/t14-/m0/s1. The average molecular weight is 300 g/mol. The third kappa shape index (κ3) is 3.71. The number of ether oxygens (including phenoxy) is 1. The predicted octanol–water partition coefficient (Wildman–Crippen LogP) is 1.17. The molecule has 1 aromatic carbocycles. The van der Waals surface area contributed by atoms with Crippen LogP contribution in [-0.4, -0.2) is 34.1 Å². The van der Waals surface area contributed by atoms with Crippen molar-refractivity contribution in [3.8, 4) is 0 Å². The van der Waals surface area contributed by atoms with Crippen molar-refractivity contribution in [1.29, 1.82) is 0 Å². The van der Waals surface area contributed by atoms with Crippen LogP contribution >= 0.6 is 0 Å². The first-order valence-electron chi connectivity index (χ1n) is 7.59. The quantitative estimate of drug-likeness (QED) is 0.904. The number of amides is 1. The summed E-state index contributed by atoms with van der Waals surface area (Å²) >= 11 is 0. The molecule has 0 saturated heterocycles. The second kappa shape index (κ2) is 7.17. The molecule has 0 saturated carbocycles. The van der Waals surface area contributed by atoms with Crippen molar-refractivity contribution in [2.24, 2.45) is 5.92 Å². The van der Waals surface area contributed by atoms with Crippen LogP contribution in [0.2, 0.25) is 0 Å². The van der Waals surface area contributed by atoms with E-state index < -0.39 is 0 Å². The minimum atomic E-state index is -0.0520. The topological polar surface area (TPSA) is 69.0 Å². The third-order valence-corrected chi connectivity index (χ3v) is 3.90. The van der Waals surface area contributed by atoms with Crippen molar-refractivity contribution in [1.82, 2.24) is 20.3 Å². The second-order valence-corrected chi connectivity index (χ2v) is 5.48. The van der Waals surface area contributed by atoms with Crippen molar-refractivity contribution in [3.05, 3.63) is 47.8 Å². The van der Waals surface area contributed by atoms with Gasteiger partial charge in [-0.2, -0.15) is 0 Å². The Kier molecular flexibility index (Phi) is 4.80. The molecule has 0 fully saturated rings. The van der Waals surface area contributed by atoms with Gasteiger partial charge in [-0.1, -0.05) is 35.5 Å². The number of nitrogens with zero attached hydrogens (tertiary/aromatic N) is 3. The lowest BCUT2D eigenvalue weighted by Gasteiger charge is -2.16. The van der Waals surface area contributed by atoms with Crippen LogP contribution in [-0.2, 0) is 29.1 Å². The molecule has 0 unspecified atom stereocenters. The SMILES string of the molecule is O=C1NCCOCn2nncc2CC[C@H]1Cc1ccccc1. The number of carbonyl (C=O) groups is 1. The van der Waals surface area contributed by atoms with Crippen molar-refractivity contribution in [3.63, 3.8) is 0 Å². The molecular weight excluding hydrogens is 280 g/mol. The van der Waals surface area contributed by atoms with Crippen molar-refractivity contribution in [2.75, 3.05) is 13.2 Å². The molecule has 1 N–H and O–H groups in total. The highest BCUT2D eigenvalue weighted by Gasteiger charge is 2.20. The Morgan fingerprint density at radius 2 is 2.18 bits per heavy atom. The number of benzene rings is 1. The number of nitrogens with one attached hydrogen (secondary N) is 1. The van der Waals surface area contributed by atoms with Gasteiger partial charge in [-0.25, -0.2) is 4.68 Å². The lowest BCUT2D eigenvalue weighted by atomic mass is 9.93. The van der Waals surface area contributed by atoms with Gasteiger partial charge in [-0.15, -0.1) is 5.10 Å². The monoisotopic (exact) mass is 300 g/mol. The van der Waals surface area contributed by atoms with Crippen LogP contribution in [0.1, 0.15) is 17.7 Å². The summed E-state index contributed by atoms with van der Waals surface area (Å²) in [6.45, 7) is 1.38. The highest BCUT2D eigenvalue weighted by Crippen LogP contribution is 2.16. The molecule has 0 bridgehead atoms. The number of fused-ring (bicyclic) bond motifs is 1. The molecule has 1 atom stereocenters. The highest BCUT2D eigenvalue weighted by molar-refractivity contribution is 5.78. The maximum Gasteiger partial charge on any atom is 0.223 e. The normalized spacial score (nSPS) is 19.8. The molecule has 2 heterocycles. The molecule has 1 amide bonds. The average Bonchev–Trinajstić information content (AvgIpc) is 2.98. The molecule has 22 heavy (non-hydrogen) atoms. The van der Waals surface area contributed by atoms with E-state index in [1.807, 2.05) is 18.2 Å². The third-order valence-electron chi connectivity index (χ3n) is 3.90. The molecule has 2 aromatic rings. The summed E-state index contributed by atoms with van der Waals surface area (Å²) in [5.74, 6) is 0.0391. The summed E-state index contributed by atoms with van der Waals surface area (Å²) < 4.78 is 7.26. The first-order chi connectivity index (χ1) is 10.8. The Morgan fingerprint density at radius 1 is 1.32 bits per heavy atom. The molecule has 1 aliphatic heterocycles. The van der Waals surface area contributed by atoms with E-state index in [0.717, 1.165) is 25.0 Å². The largest absolute Gasteiger partial charge is 0.357 e. The van der Waals surface area contributed by atoms with Crippen molar-refractivity contribution < 1.29 is 9.53 Å². The van der Waals surface area contributed by atoms with Gasteiger partial charge >= 0.3 is 0 Å². The van der Waals surface area contributed by atoms with Crippen LogP contribution in [0.25, 0.3) is 0 Å². The number of carbonyl (C=O) groups excluding carboxylic acids is 1. The van der Waals surface area contributed by atoms with E-state index in [4.69, 9.17) is 4.74 Å². The minimum absolute atomic E-state index is 0.0520. The molecule has 116 valence electrons. The molecule has 0 spiro atoms. The molecule has 3 rings (SSSR count). The molecular formula is C16H20N4O2. The fourth-order valence-corrected chi connectivity index (χ4v) is 2.67. The van der Waals surface area contributed by atoms with Crippen LogP contribution in [0, 0.1) is 5.92 Å². The van der Waals surface area contributed by atoms with Crippen LogP contribution in [0.5, 0.6) is 0 Å². The number of hydrogen-bond donors (Lipinski definition) is 1. The van der Waals surface area contributed by atoms with Gasteiger partial charge in [-0.3, -0.25) is 4.79 Å². The fourth-order valence-electron chi connectivity index (χ4n) is 2.67. The van der Waals surface area contributed by atoms with Gasteiger partial charge in [0, 0.05) is 12.5 Å². The maximum absolute atomic E-state index is 12.4. The van der Waals surface area contributed by atoms with Gasteiger partial charge in [-0.05, 0) is 24.8 Å². The highest BCUT2D eigenvalue weighted by atomic mass is 16.5. The number of rotatable bonds is 2. The van der Waals surface area contributed by atoms with E-state index in [9.17, 15) is 4.79 Å². The second-order valence-electron chi connectivity index (χ2n) is 5.48. The Balaban J connectivity index is 1.74. The van der Waals surface area contributed by atoms with Crippen LogP contribution < -0.4 is 5.32 Å². The smallest absolute Gasteiger partial charge is 0.223 e. The number of aryl methyl sites for hydroxylation is 1. The van der Waals surface area contributed by atoms with E-state index in [-0.39, 0.29) is 11.8 Å². The predicted molar refractivity (Wildman–Crippen MR) is 80.9 cm³/mol. The molecule has 0 radical (unpaired) electrons. The van der Waals surface area contributed by atoms with Gasteiger partial charge in [0.25, 0.3) is 0 Å². The zero-order valence-corrected chi connectivity index (χ0v) is 12.4. The summed E-state index contributed by atoms with van der Waals surface area (Å²) in [5.41, 5.74) is 2.19. The van der Waals surface area contributed by atoms with Gasteiger partial charge < -0.3 is 10.1 Å². The maximum atomic E-state index is 12.4. The lowest BCUT2D eigenvalue weighted by Crippen LogP contribution is -2.34. The number of hydrogen-bond acceptors (Lipinski definition) is 4. The van der Waals surface area contributed by atoms with E-state index in [1.54, 1.807) is 10.9 Å². The van der Waals surface area contributed by atoms with Crippen molar-refractivity contribution >= 4 is 5.91 Å². The van der Waals surface area contributed by atoms with E-state index in [2.05, 4.69) is 27.8 Å². The molecule has 6 nitrogen and oxygen atoms in total. The Hall–Kier alpha value is -2.21. The molecule has 1 aromatic heterocycles. The summed E-state index contributed by atoms with van der Waals surface area (Å²) in [4.78, 5) is 12.4. The Morgan fingerprint density at radius 3 is 3.05 bits per heavy atom. The summed E-state index contributed by atoms with van der Waals surface area (Å²) in [6, 6.07) is 10.1. The molecule has 6 heteroatoms. The van der Waals surface area contributed by atoms with Gasteiger partial charge in [0.1, 0.15) is 6.73 Å². The van der Waals surface area contributed by atoms with Crippen LogP contribution in [0.15, 0.2) is 36.5 Å². The van der Waals surface area contributed by atoms with Gasteiger partial charge in [0.2, 0.25) is 5.91 Å². The summed E-state index contributed by atoms with van der Waals surface area (Å²) in [6.07, 6.45) is 4.03. The van der Waals surface area contributed by atoms with E-state index in [1.165, 1.54) is 5.56 Å². The van der Waals surface area contributed by atoms with E-state index in [0.29, 0.717) is 19.9 Å². The van der Waals surface area contributed by atoms with Crippen LogP contribution in [0.4, 0.5) is 0 Å². The zero-order valence-electron chi connectivity index (χ0n) is 12.4. The van der Waals surface area contributed by atoms with E-state index >= 15 is 0 Å². The summed E-state index contributed by atoms with van der Waals surface area (Å²) in [7, 11) is 0. The first kappa shape index (κ1) is 14.7.